The van der Waals surface area contributed by atoms with E-state index in [1.807, 2.05) is 45.0 Å². The normalized spacial score (nSPS) is 17.4. The number of Topliss-reactive ketones (excluding diaryl/α,β-unsaturated/α-hetero) is 1. The Morgan fingerprint density at radius 2 is 1.66 bits per heavy atom. The van der Waals surface area contributed by atoms with E-state index in [2.05, 4.69) is 0 Å². The molecule has 1 aliphatic heterocycles. The Hall–Kier alpha value is -2.14. The van der Waals surface area contributed by atoms with Crippen LogP contribution >= 0.6 is 23.2 Å². The summed E-state index contributed by atoms with van der Waals surface area (Å²) in [7, 11) is 0. The van der Waals surface area contributed by atoms with E-state index in [1.54, 1.807) is 32.9 Å². The summed E-state index contributed by atoms with van der Waals surface area (Å²) in [5, 5.41) is 1.06. The summed E-state index contributed by atoms with van der Waals surface area (Å²) in [6, 6.07) is 11.2. The molecule has 3 rings (SSSR count). The van der Waals surface area contributed by atoms with E-state index in [-0.39, 0.29) is 18.0 Å². The van der Waals surface area contributed by atoms with Crippen LogP contribution in [0.5, 0.6) is 0 Å². The lowest BCUT2D eigenvalue weighted by Gasteiger charge is -2.42. The Kier molecular flexibility index (Phi) is 6.90. The lowest BCUT2D eigenvalue weighted by atomic mass is 9.80. The van der Waals surface area contributed by atoms with Crippen molar-refractivity contribution in [2.75, 3.05) is 0 Å². The van der Waals surface area contributed by atoms with Gasteiger partial charge in [-0.05, 0) is 69.0 Å². The van der Waals surface area contributed by atoms with Gasteiger partial charge >= 0.3 is 5.97 Å². The first-order chi connectivity index (χ1) is 14.9. The molecule has 0 aromatic heterocycles. The van der Waals surface area contributed by atoms with Crippen molar-refractivity contribution in [1.82, 2.24) is 0 Å². The predicted molar refractivity (Wildman–Crippen MR) is 129 cm³/mol. The first-order valence-corrected chi connectivity index (χ1v) is 11.5. The van der Waals surface area contributed by atoms with Crippen molar-refractivity contribution in [1.29, 1.82) is 0 Å². The predicted octanol–water partition coefficient (Wildman–Crippen LogP) is 7.04. The quantitative estimate of drug-likeness (QED) is 0.435. The van der Waals surface area contributed by atoms with E-state index in [9.17, 15) is 9.59 Å². The van der Waals surface area contributed by atoms with Crippen LogP contribution in [-0.2, 0) is 25.5 Å². The van der Waals surface area contributed by atoms with Crippen LogP contribution in [0.3, 0.4) is 0 Å². The lowest BCUT2D eigenvalue weighted by Crippen LogP contribution is -2.50. The molecule has 0 amide bonds. The number of hydrogen-bond donors (Lipinski definition) is 0. The minimum Gasteiger partial charge on any atom is -0.427 e. The second-order valence-electron chi connectivity index (χ2n) is 8.83. The van der Waals surface area contributed by atoms with Gasteiger partial charge in [0, 0.05) is 22.0 Å². The van der Waals surface area contributed by atoms with Crippen LogP contribution in [0.4, 0.5) is 0 Å². The number of hydrogen-bond acceptors (Lipinski definition) is 4. The summed E-state index contributed by atoms with van der Waals surface area (Å²) in [6.45, 7) is 10.8. The molecular weight excluding hydrogens is 447 g/mol. The minimum atomic E-state index is -1.08. The lowest BCUT2D eigenvalue weighted by molar-refractivity contribution is -0.165. The van der Waals surface area contributed by atoms with Crippen LogP contribution < -0.4 is 0 Å². The number of esters is 1. The Labute approximate surface area is 199 Å². The van der Waals surface area contributed by atoms with Crippen LogP contribution in [0.1, 0.15) is 59.1 Å². The third-order valence-electron chi connectivity index (χ3n) is 5.56. The van der Waals surface area contributed by atoms with E-state index in [1.165, 1.54) is 0 Å². The number of rotatable bonds is 5. The summed E-state index contributed by atoms with van der Waals surface area (Å²) in [5.41, 5.74) is 1.62. The average molecular weight is 475 g/mol. The van der Waals surface area contributed by atoms with Crippen LogP contribution in [-0.4, -0.2) is 23.0 Å². The van der Waals surface area contributed by atoms with Gasteiger partial charge in [-0.2, -0.15) is 0 Å². The van der Waals surface area contributed by atoms with E-state index in [4.69, 9.17) is 32.7 Å². The fraction of sp³-hybridized carbons (Fsp3) is 0.385. The van der Waals surface area contributed by atoms with Crippen LogP contribution in [0.2, 0.25) is 10.0 Å². The molecule has 0 saturated heterocycles. The Balaban J connectivity index is 2.33. The Morgan fingerprint density at radius 1 is 0.969 bits per heavy atom. The number of halogens is 2. The molecule has 0 fully saturated rings. The molecular formula is C26H28Cl2O4. The molecule has 32 heavy (non-hydrogen) atoms. The maximum Gasteiger partial charge on any atom is 0.310 e. The second kappa shape index (κ2) is 9.01. The van der Waals surface area contributed by atoms with Gasteiger partial charge in [-0.15, -0.1) is 0 Å². The zero-order valence-electron chi connectivity index (χ0n) is 19.3. The topological polar surface area (TPSA) is 52.6 Å². The van der Waals surface area contributed by atoms with Gasteiger partial charge < -0.3 is 9.47 Å². The molecule has 6 heteroatoms. The zero-order valence-corrected chi connectivity index (χ0v) is 20.8. The van der Waals surface area contributed by atoms with Crippen LogP contribution in [0.15, 0.2) is 42.2 Å². The molecule has 4 nitrogen and oxygen atoms in total. The maximum absolute atomic E-state index is 13.6. The van der Waals surface area contributed by atoms with Crippen molar-refractivity contribution in [3.63, 3.8) is 0 Å². The molecule has 2 aromatic rings. The zero-order chi connectivity index (χ0) is 23.8. The molecule has 2 aromatic carbocycles. The Morgan fingerprint density at radius 3 is 2.25 bits per heavy atom. The molecule has 0 aliphatic carbocycles. The minimum absolute atomic E-state index is 0.186. The summed E-state index contributed by atoms with van der Waals surface area (Å²) < 4.78 is 11.8. The highest BCUT2D eigenvalue weighted by atomic mass is 35.5. The number of ketones is 1. The molecule has 0 unspecified atom stereocenters. The molecule has 1 heterocycles. The number of carbonyl (C=O) groups is 2. The van der Waals surface area contributed by atoms with Gasteiger partial charge in [0.05, 0.1) is 5.57 Å². The van der Waals surface area contributed by atoms with Gasteiger partial charge in [0.2, 0.25) is 0 Å². The molecule has 0 radical (unpaired) electrons. The van der Waals surface area contributed by atoms with Crippen molar-refractivity contribution >= 4 is 40.5 Å². The molecule has 0 spiro atoms. The fourth-order valence-electron chi connectivity index (χ4n) is 4.05. The smallest absolute Gasteiger partial charge is 0.310 e. The molecule has 0 saturated carbocycles. The van der Waals surface area contributed by atoms with E-state index in [0.717, 1.165) is 16.7 Å². The standard InChI is InChI=1S/C26H28Cl2O4/c1-7-15-9-10-16(18-12-11-17(27)14-20(18)28)13-19(15)22-23(30)25(3,4)32-26(5,6)24(22)31-21(29)8-2/h9-14H,7-8H2,1-6H3. The van der Waals surface area contributed by atoms with Gasteiger partial charge in [0.1, 0.15) is 11.2 Å². The average Bonchev–Trinajstić information content (AvgIpc) is 2.71. The van der Waals surface area contributed by atoms with Gasteiger partial charge in [-0.3, -0.25) is 9.59 Å². The first-order valence-electron chi connectivity index (χ1n) is 10.7. The number of ether oxygens (including phenoxy) is 2. The van der Waals surface area contributed by atoms with Crippen molar-refractivity contribution in [2.45, 2.75) is 65.6 Å². The molecule has 0 bridgehead atoms. The van der Waals surface area contributed by atoms with Crippen molar-refractivity contribution < 1.29 is 19.1 Å². The SMILES string of the molecule is CCC(=O)OC1=C(c2cc(-c3ccc(Cl)cc3Cl)ccc2CC)C(=O)C(C)(C)OC1(C)C. The van der Waals surface area contributed by atoms with Crippen molar-refractivity contribution in [3.8, 4) is 11.1 Å². The summed E-state index contributed by atoms with van der Waals surface area (Å²) in [4.78, 5) is 25.9. The maximum atomic E-state index is 13.6. The highest BCUT2D eigenvalue weighted by Crippen LogP contribution is 2.44. The highest BCUT2D eigenvalue weighted by Gasteiger charge is 2.48. The third kappa shape index (κ3) is 4.63. The largest absolute Gasteiger partial charge is 0.427 e. The Bertz CT molecular complexity index is 1110. The molecule has 170 valence electrons. The van der Waals surface area contributed by atoms with E-state index >= 15 is 0 Å². The van der Waals surface area contributed by atoms with E-state index < -0.39 is 17.2 Å². The van der Waals surface area contributed by atoms with Gasteiger partial charge in [0.15, 0.2) is 11.5 Å². The summed E-state index contributed by atoms with van der Waals surface area (Å²) in [5.74, 6) is -0.413. The monoisotopic (exact) mass is 474 g/mol. The van der Waals surface area contributed by atoms with Crippen molar-refractivity contribution in [3.05, 3.63) is 63.3 Å². The molecule has 0 N–H and O–H groups in total. The first kappa shape index (κ1) is 24.5. The number of aryl methyl sites for hydroxylation is 1. The highest BCUT2D eigenvalue weighted by molar-refractivity contribution is 6.36. The third-order valence-corrected chi connectivity index (χ3v) is 6.11. The van der Waals surface area contributed by atoms with Crippen LogP contribution in [0.25, 0.3) is 16.7 Å². The van der Waals surface area contributed by atoms with Crippen molar-refractivity contribution in [2.24, 2.45) is 0 Å². The molecule has 1 aliphatic rings. The molecule has 0 atom stereocenters. The van der Waals surface area contributed by atoms with E-state index in [0.29, 0.717) is 27.6 Å². The fourth-order valence-corrected chi connectivity index (χ4v) is 4.57. The van der Waals surface area contributed by atoms with Gasteiger partial charge in [0.25, 0.3) is 0 Å². The van der Waals surface area contributed by atoms with Gasteiger partial charge in [-0.1, -0.05) is 55.2 Å². The summed E-state index contributed by atoms with van der Waals surface area (Å²) in [6.07, 6.45) is 0.878. The second-order valence-corrected chi connectivity index (χ2v) is 9.68. The number of carbonyl (C=O) groups excluding carboxylic acids is 2. The van der Waals surface area contributed by atoms with Gasteiger partial charge in [-0.25, -0.2) is 0 Å². The number of benzene rings is 2. The van der Waals surface area contributed by atoms with Crippen LogP contribution in [0, 0.1) is 0 Å². The summed E-state index contributed by atoms with van der Waals surface area (Å²) >= 11 is 12.5.